The first-order chi connectivity index (χ1) is 9.90. The fourth-order valence-electron chi connectivity index (χ4n) is 2.31. The molecule has 6 nitrogen and oxygen atoms in total. The summed E-state index contributed by atoms with van der Waals surface area (Å²) in [5.74, 6) is -1.51. The van der Waals surface area contributed by atoms with Crippen molar-refractivity contribution in [3.05, 3.63) is 11.8 Å². The summed E-state index contributed by atoms with van der Waals surface area (Å²) in [6, 6.07) is 0. The second-order valence-corrected chi connectivity index (χ2v) is 4.95. The molecule has 1 N–H and O–H groups in total. The molecule has 1 fully saturated rings. The van der Waals surface area contributed by atoms with Gasteiger partial charge in [0.1, 0.15) is 0 Å². The number of alkyl halides is 3. The summed E-state index contributed by atoms with van der Waals surface area (Å²) in [6.45, 7) is 3.96. The molecule has 0 atom stereocenters. The second kappa shape index (κ2) is 6.42. The van der Waals surface area contributed by atoms with Crippen LogP contribution in [0.1, 0.15) is 37.5 Å². The third kappa shape index (κ3) is 4.16. The van der Waals surface area contributed by atoms with Crippen molar-refractivity contribution in [2.45, 2.75) is 31.9 Å². The van der Waals surface area contributed by atoms with Gasteiger partial charge in [-0.2, -0.15) is 13.2 Å². The molecule has 0 radical (unpaired) electrons. The molecular weight excluding hydrogens is 289 g/mol. The lowest BCUT2D eigenvalue weighted by molar-refractivity contribution is -0.157. The fourth-order valence-corrected chi connectivity index (χ4v) is 2.31. The van der Waals surface area contributed by atoms with E-state index in [4.69, 9.17) is 4.42 Å². The molecule has 21 heavy (non-hydrogen) atoms. The summed E-state index contributed by atoms with van der Waals surface area (Å²) in [6.07, 6.45) is -3.41. The average Bonchev–Trinajstić information content (AvgIpc) is 2.89. The summed E-state index contributed by atoms with van der Waals surface area (Å²) in [5, 5.41) is 9.23. The maximum absolute atomic E-state index is 12.4. The molecule has 0 saturated carbocycles. The van der Waals surface area contributed by atoms with Crippen LogP contribution in [0.2, 0.25) is 0 Å². The van der Waals surface area contributed by atoms with Gasteiger partial charge < -0.3 is 9.73 Å². The molecule has 0 aliphatic carbocycles. The van der Waals surface area contributed by atoms with Crippen LogP contribution in [0.15, 0.2) is 4.42 Å². The first-order valence-corrected chi connectivity index (χ1v) is 6.79. The normalized spacial score (nSPS) is 17.9. The number of rotatable bonds is 4. The molecular formula is C12H17F3N4O2. The van der Waals surface area contributed by atoms with Crippen molar-refractivity contribution >= 4 is 5.91 Å². The van der Waals surface area contributed by atoms with Crippen LogP contribution < -0.4 is 5.32 Å². The fraction of sp³-hybridized carbons (Fsp3) is 0.750. The van der Waals surface area contributed by atoms with Gasteiger partial charge in [-0.3, -0.25) is 9.69 Å². The largest absolute Gasteiger partial charge is 0.470 e. The molecule has 1 saturated heterocycles. The zero-order valence-corrected chi connectivity index (χ0v) is 11.6. The SMILES string of the molecule is CCNC(=O)CN1CCC(c2nnc(C(F)(F)F)o2)CC1. The van der Waals surface area contributed by atoms with E-state index >= 15 is 0 Å². The number of nitrogens with one attached hydrogen (secondary N) is 1. The van der Waals surface area contributed by atoms with Crippen molar-refractivity contribution in [2.75, 3.05) is 26.2 Å². The van der Waals surface area contributed by atoms with Gasteiger partial charge in [-0.25, -0.2) is 0 Å². The molecule has 0 aromatic carbocycles. The van der Waals surface area contributed by atoms with Crippen LogP contribution in [0.4, 0.5) is 13.2 Å². The maximum atomic E-state index is 12.4. The van der Waals surface area contributed by atoms with Crippen LogP contribution in [-0.2, 0) is 11.0 Å². The predicted octanol–water partition coefficient (Wildman–Crippen LogP) is 1.40. The Morgan fingerprint density at radius 2 is 2.05 bits per heavy atom. The van der Waals surface area contributed by atoms with Crippen molar-refractivity contribution in [1.29, 1.82) is 0 Å². The molecule has 9 heteroatoms. The standard InChI is InChI=1S/C12H17F3N4O2/c1-2-16-9(20)7-19-5-3-8(4-6-19)10-17-18-11(21-10)12(13,14)15/h8H,2-7H2,1H3,(H,16,20). The molecule has 1 aliphatic rings. The van der Waals surface area contributed by atoms with E-state index in [0.717, 1.165) is 0 Å². The van der Waals surface area contributed by atoms with Gasteiger partial charge in [-0.1, -0.05) is 0 Å². The lowest BCUT2D eigenvalue weighted by Gasteiger charge is -2.29. The number of amides is 1. The molecule has 118 valence electrons. The minimum absolute atomic E-state index is 0.0278. The quantitative estimate of drug-likeness (QED) is 0.910. The Bertz CT molecular complexity index is 481. The van der Waals surface area contributed by atoms with Crippen LogP contribution in [0.3, 0.4) is 0 Å². The minimum atomic E-state index is -4.61. The van der Waals surface area contributed by atoms with E-state index in [2.05, 4.69) is 15.5 Å². The Balaban J connectivity index is 1.86. The number of nitrogens with zero attached hydrogens (tertiary/aromatic N) is 3. The Morgan fingerprint density at radius 1 is 1.38 bits per heavy atom. The van der Waals surface area contributed by atoms with Crippen molar-refractivity contribution in [3.63, 3.8) is 0 Å². The van der Waals surface area contributed by atoms with Gasteiger partial charge in [0.05, 0.1) is 6.54 Å². The van der Waals surface area contributed by atoms with Crippen LogP contribution in [0.5, 0.6) is 0 Å². The van der Waals surface area contributed by atoms with Gasteiger partial charge in [-0.15, -0.1) is 10.2 Å². The highest BCUT2D eigenvalue weighted by atomic mass is 19.4. The smallest absolute Gasteiger partial charge is 0.417 e. The van der Waals surface area contributed by atoms with Crippen LogP contribution in [0, 0.1) is 0 Å². The highest BCUT2D eigenvalue weighted by Crippen LogP contribution is 2.32. The lowest BCUT2D eigenvalue weighted by atomic mass is 9.97. The van der Waals surface area contributed by atoms with Gasteiger partial charge in [0.25, 0.3) is 0 Å². The Labute approximate surface area is 119 Å². The van der Waals surface area contributed by atoms with Gasteiger partial charge in [0.15, 0.2) is 0 Å². The minimum Gasteiger partial charge on any atom is -0.417 e. The molecule has 1 aromatic heterocycles. The zero-order valence-electron chi connectivity index (χ0n) is 11.6. The molecule has 1 aliphatic heterocycles. The van der Waals surface area contributed by atoms with E-state index in [0.29, 0.717) is 39.0 Å². The number of likely N-dealkylation sites (tertiary alicyclic amines) is 1. The molecule has 0 spiro atoms. The van der Waals surface area contributed by atoms with E-state index in [1.165, 1.54) is 0 Å². The van der Waals surface area contributed by atoms with E-state index in [1.54, 1.807) is 0 Å². The van der Waals surface area contributed by atoms with Crippen molar-refractivity contribution in [3.8, 4) is 0 Å². The third-order valence-electron chi connectivity index (χ3n) is 3.36. The van der Waals surface area contributed by atoms with E-state index in [-0.39, 0.29) is 17.7 Å². The highest BCUT2D eigenvalue weighted by Gasteiger charge is 2.39. The molecule has 0 unspecified atom stereocenters. The number of carbonyl (C=O) groups is 1. The van der Waals surface area contributed by atoms with Crippen LogP contribution in [0.25, 0.3) is 0 Å². The molecule has 0 bridgehead atoms. The second-order valence-electron chi connectivity index (χ2n) is 4.95. The number of piperidine rings is 1. The number of halogens is 3. The number of carbonyl (C=O) groups excluding carboxylic acids is 1. The first-order valence-electron chi connectivity index (χ1n) is 6.79. The summed E-state index contributed by atoms with van der Waals surface area (Å²) in [4.78, 5) is 13.4. The number of aromatic nitrogens is 2. The average molecular weight is 306 g/mol. The number of hydrogen-bond acceptors (Lipinski definition) is 5. The zero-order chi connectivity index (χ0) is 15.5. The number of likely N-dealkylation sites (N-methyl/N-ethyl adjacent to an activating group) is 1. The monoisotopic (exact) mass is 306 g/mol. The Hall–Kier alpha value is -1.64. The highest BCUT2D eigenvalue weighted by molar-refractivity contribution is 5.77. The summed E-state index contributed by atoms with van der Waals surface area (Å²) < 4.78 is 41.9. The molecule has 1 aromatic rings. The molecule has 2 rings (SSSR count). The van der Waals surface area contributed by atoms with Crippen molar-refractivity contribution in [2.24, 2.45) is 0 Å². The van der Waals surface area contributed by atoms with Gasteiger partial charge in [-0.05, 0) is 32.9 Å². The third-order valence-corrected chi connectivity index (χ3v) is 3.36. The van der Waals surface area contributed by atoms with Crippen LogP contribution >= 0.6 is 0 Å². The predicted molar refractivity (Wildman–Crippen MR) is 66.4 cm³/mol. The summed E-state index contributed by atoms with van der Waals surface area (Å²) in [5.41, 5.74) is 0. The van der Waals surface area contributed by atoms with Gasteiger partial charge in [0.2, 0.25) is 11.8 Å². The summed E-state index contributed by atoms with van der Waals surface area (Å²) >= 11 is 0. The Morgan fingerprint density at radius 3 is 2.57 bits per heavy atom. The van der Waals surface area contributed by atoms with E-state index in [9.17, 15) is 18.0 Å². The van der Waals surface area contributed by atoms with Crippen LogP contribution in [-0.4, -0.2) is 47.2 Å². The maximum Gasteiger partial charge on any atom is 0.470 e. The van der Waals surface area contributed by atoms with Gasteiger partial charge >= 0.3 is 12.1 Å². The Kier molecular flexibility index (Phi) is 4.81. The van der Waals surface area contributed by atoms with Crippen molar-refractivity contribution < 1.29 is 22.4 Å². The molecule has 2 heterocycles. The van der Waals surface area contributed by atoms with E-state index < -0.39 is 12.1 Å². The molecule has 1 amide bonds. The lowest BCUT2D eigenvalue weighted by Crippen LogP contribution is -2.41. The van der Waals surface area contributed by atoms with E-state index in [1.807, 2.05) is 11.8 Å². The summed E-state index contributed by atoms with van der Waals surface area (Å²) in [7, 11) is 0. The first kappa shape index (κ1) is 15.7. The topological polar surface area (TPSA) is 71.3 Å². The number of hydrogen-bond donors (Lipinski definition) is 1. The van der Waals surface area contributed by atoms with Gasteiger partial charge in [0, 0.05) is 12.5 Å². The van der Waals surface area contributed by atoms with Crippen molar-refractivity contribution in [1.82, 2.24) is 20.4 Å².